The SMILES string of the molecule is COP(=O)(Cc1cc(Br)c(Oc2ccc(O)c(C(C)C)c2)c(Br)c1)OC. The van der Waals surface area contributed by atoms with Gasteiger partial charge in [-0.1, -0.05) is 13.8 Å². The summed E-state index contributed by atoms with van der Waals surface area (Å²) in [6.07, 6.45) is 0.147. The van der Waals surface area contributed by atoms with Crippen molar-refractivity contribution in [3.63, 3.8) is 0 Å². The number of rotatable bonds is 7. The van der Waals surface area contributed by atoms with Crippen LogP contribution in [-0.4, -0.2) is 19.3 Å². The standard InChI is InChI=1S/C18H21Br2O5P/c1-11(2)14-9-13(5-6-17(14)21)25-18-15(19)7-12(8-16(18)20)10-26(22,23-3)24-4/h5-9,11,21H,10H2,1-4H3. The molecule has 0 heterocycles. The Bertz CT molecular complexity index is 807. The maximum atomic E-state index is 12.3. The van der Waals surface area contributed by atoms with Crippen molar-refractivity contribution in [1.82, 2.24) is 0 Å². The summed E-state index contributed by atoms with van der Waals surface area (Å²) in [6.45, 7) is 4.01. The molecule has 142 valence electrons. The predicted molar refractivity (Wildman–Crippen MR) is 109 cm³/mol. The van der Waals surface area contributed by atoms with Crippen molar-refractivity contribution in [3.05, 3.63) is 50.4 Å². The Hall–Kier alpha value is -0.850. The third-order valence-electron chi connectivity index (χ3n) is 3.83. The number of hydrogen-bond acceptors (Lipinski definition) is 5. The lowest BCUT2D eigenvalue weighted by molar-refractivity contribution is 0.275. The van der Waals surface area contributed by atoms with Gasteiger partial charge in [-0.15, -0.1) is 0 Å². The van der Waals surface area contributed by atoms with Crippen molar-refractivity contribution >= 4 is 39.5 Å². The van der Waals surface area contributed by atoms with Gasteiger partial charge in [0, 0.05) is 19.8 Å². The molecular formula is C18H21Br2O5P. The molecular weight excluding hydrogens is 487 g/mol. The summed E-state index contributed by atoms with van der Waals surface area (Å²) in [5, 5.41) is 9.95. The van der Waals surface area contributed by atoms with E-state index < -0.39 is 7.60 Å². The van der Waals surface area contributed by atoms with E-state index >= 15 is 0 Å². The fourth-order valence-electron chi connectivity index (χ4n) is 2.40. The van der Waals surface area contributed by atoms with Crippen LogP contribution in [0, 0.1) is 0 Å². The zero-order valence-corrected chi connectivity index (χ0v) is 19.0. The predicted octanol–water partition coefficient (Wildman–Crippen LogP) is 6.82. The molecule has 0 aliphatic carbocycles. The molecule has 0 atom stereocenters. The molecule has 2 aromatic carbocycles. The summed E-state index contributed by atoms with van der Waals surface area (Å²) in [5.41, 5.74) is 1.59. The van der Waals surface area contributed by atoms with Crippen LogP contribution in [0.5, 0.6) is 17.2 Å². The van der Waals surface area contributed by atoms with Gasteiger partial charge in [0.15, 0.2) is 5.75 Å². The van der Waals surface area contributed by atoms with Crippen LogP contribution in [0.25, 0.3) is 0 Å². The molecule has 1 N–H and O–H groups in total. The quantitative estimate of drug-likeness (QED) is 0.416. The van der Waals surface area contributed by atoms with Crippen LogP contribution in [0.2, 0.25) is 0 Å². The lowest BCUT2D eigenvalue weighted by atomic mass is 10.0. The maximum absolute atomic E-state index is 12.3. The van der Waals surface area contributed by atoms with E-state index in [1.54, 1.807) is 12.1 Å². The minimum absolute atomic E-state index is 0.147. The van der Waals surface area contributed by atoms with Crippen LogP contribution in [0.4, 0.5) is 0 Å². The minimum atomic E-state index is -3.16. The van der Waals surface area contributed by atoms with Crippen molar-refractivity contribution in [2.45, 2.75) is 25.9 Å². The normalized spacial score (nSPS) is 11.8. The highest BCUT2D eigenvalue weighted by Gasteiger charge is 2.23. The zero-order valence-electron chi connectivity index (χ0n) is 15.0. The number of ether oxygens (including phenoxy) is 1. The van der Waals surface area contributed by atoms with Crippen LogP contribution in [0.1, 0.15) is 30.9 Å². The molecule has 0 spiro atoms. The summed E-state index contributed by atoms with van der Waals surface area (Å²) in [4.78, 5) is 0. The number of phenolic OH excluding ortho intramolecular Hbond substituents is 1. The molecule has 0 saturated carbocycles. The third-order valence-corrected chi connectivity index (χ3v) is 6.87. The number of hydrogen-bond donors (Lipinski definition) is 1. The number of halogens is 2. The molecule has 0 aliphatic heterocycles. The Morgan fingerprint density at radius 3 is 2.15 bits per heavy atom. The summed E-state index contributed by atoms with van der Waals surface area (Å²) < 4.78 is 29.7. The molecule has 2 rings (SSSR count). The zero-order chi connectivity index (χ0) is 19.5. The molecule has 2 aromatic rings. The Labute approximate surface area is 170 Å². The van der Waals surface area contributed by atoms with E-state index in [2.05, 4.69) is 31.9 Å². The Kier molecular flexibility index (Phi) is 7.34. The maximum Gasteiger partial charge on any atom is 0.334 e. The first-order chi connectivity index (χ1) is 12.2. The van der Waals surface area contributed by atoms with Gasteiger partial charge in [0.25, 0.3) is 0 Å². The van der Waals surface area contributed by atoms with Crippen molar-refractivity contribution < 1.29 is 23.5 Å². The molecule has 0 bridgehead atoms. The fraction of sp³-hybridized carbons (Fsp3) is 0.333. The van der Waals surface area contributed by atoms with Gasteiger partial charge in [0.2, 0.25) is 0 Å². The molecule has 8 heteroatoms. The smallest absolute Gasteiger partial charge is 0.334 e. The molecule has 0 amide bonds. The Balaban J connectivity index is 2.32. The second-order valence-corrected chi connectivity index (χ2v) is 9.98. The van der Waals surface area contributed by atoms with Gasteiger partial charge >= 0.3 is 7.60 Å². The molecule has 0 fully saturated rings. The first kappa shape index (κ1) is 21.5. The van der Waals surface area contributed by atoms with E-state index in [4.69, 9.17) is 13.8 Å². The van der Waals surface area contributed by atoms with Gasteiger partial charge in [-0.2, -0.15) is 0 Å². The average molecular weight is 508 g/mol. The van der Waals surface area contributed by atoms with E-state index in [1.807, 2.05) is 32.0 Å². The Morgan fingerprint density at radius 2 is 1.65 bits per heavy atom. The summed E-state index contributed by atoms with van der Waals surface area (Å²) >= 11 is 6.99. The van der Waals surface area contributed by atoms with E-state index in [1.165, 1.54) is 14.2 Å². The largest absolute Gasteiger partial charge is 0.508 e. The van der Waals surface area contributed by atoms with Crippen LogP contribution in [0.3, 0.4) is 0 Å². The topological polar surface area (TPSA) is 65.0 Å². The molecule has 0 saturated heterocycles. The first-order valence-corrected chi connectivity index (χ1v) is 11.2. The second-order valence-electron chi connectivity index (χ2n) is 6.00. The highest BCUT2D eigenvalue weighted by Crippen LogP contribution is 2.51. The molecule has 0 aliphatic rings. The first-order valence-electron chi connectivity index (χ1n) is 7.88. The van der Waals surface area contributed by atoms with E-state index in [-0.39, 0.29) is 17.8 Å². The monoisotopic (exact) mass is 506 g/mol. The van der Waals surface area contributed by atoms with E-state index in [0.29, 0.717) is 20.4 Å². The molecule has 0 aromatic heterocycles. The highest BCUT2D eigenvalue weighted by molar-refractivity contribution is 9.11. The number of phenols is 1. The van der Waals surface area contributed by atoms with Crippen molar-refractivity contribution in [2.24, 2.45) is 0 Å². The third kappa shape index (κ3) is 5.11. The van der Waals surface area contributed by atoms with Gasteiger partial charge in [-0.3, -0.25) is 4.57 Å². The van der Waals surface area contributed by atoms with Crippen LogP contribution in [-0.2, 0) is 19.8 Å². The lowest BCUT2D eigenvalue weighted by Gasteiger charge is -2.16. The summed E-state index contributed by atoms with van der Waals surface area (Å²) in [5.74, 6) is 1.61. The number of aromatic hydroxyl groups is 1. The van der Waals surface area contributed by atoms with Gasteiger partial charge in [0.1, 0.15) is 11.5 Å². The molecule has 5 nitrogen and oxygen atoms in total. The fourth-order valence-corrected chi connectivity index (χ4v) is 4.88. The molecule has 0 unspecified atom stereocenters. The van der Waals surface area contributed by atoms with Crippen LogP contribution < -0.4 is 4.74 Å². The average Bonchev–Trinajstić information content (AvgIpc) is 2.59. The van der Waals surface area contributed by atoms with Crippen LogP contribution in [0.15, 0.2) is 39.3 Å². The Morgan fingerprint density at radius 1 is 1.08 bits per heavy atom. The molecule has 26 heavy (non-hydrogen) atoms. The minimum Gasteiger partial charge on any atom is -0.508 e. The van der Waals surface area contributed by atoms with Crippen molar-refractivity contribution in [2.75, 3.05) is 14.2 Å². The lowest BCUT2D eigenvalue weighted by Crippen LogP contribution is -1.96. The van der Waals surface area contributed by atoms with Crippen LogP contribution >= 0.6 is 39.5 Å². The highest BCUT2D eigenvalue weighted by atomic mass is 79.9. The second kappa shape index (κ2) is 8.89. The summed E-state index contributed by atoms with van der Waals surface area (Å²) in [6, 6.07) is 8.77. The van der Waals surface area contributed by atoms with Crippen molar-refractivity contribution in [1.29, 1.82) is 0 Å². The van der Waals surface area contributed by atoms with E-state index in [0.717, 1.165) is 11.1 Å². The van der Waals surface area contributed by atoms with Gasteiger partial charge in [0.05, 0.1) is 15.1 Å². The van der Waals surface area contributed by atoms with Gasteiger partial charge in [-0.25, -0.2) is 0 Å². The molecule has 0 radical (unpaired) electrons. The van der Waals surface area contributed by atoms with Gasteiger partial charge < -0.3 is 18.9 Å². The van der Waals surface area contributed by atoms with E-state index in [9.17, 15) is 9.67 Å². The van der Waals surface area contributed by atoms with Gasteiger partial charge in [-0.05, 0) is 73.7 Å². The van der Waals surface area contributed by atoms with Crippen molar-refractivity contribution in [3.8, 4) is 17.2 Å². The number of benzene rings is 2. The summed E-state index contributed by atoms with van der Waals surface area (Å²) in [7, 11) is -0.430.